The fraction of sp³-hybridized carbons (Fsp3) is 0.667. The Kier molecular flexibility index (Phi) is 5.35. The highest BCUT2D eigenvalue weighted by Gasteiger charge is 2.15. The third-order valence-electron chi connectivity index (χ3n) is 3.24. The zero-order valence-corrected chi connectivity index (χ0v) is 12.6. The number of methoxy groups -OCH3 is 1. The Bertz CT molecular complexity index is 471. The first kappa shape index (κ1) is 14.5. The SMILES string of the molecule is COCCn1ncc(NCC2CCNC2)c(Br)c1=O. The van der Waals surface area contributed by atoms with Crippen LogP contribution in [0, 0.1) is 5.92 Å². The number of nitrogens with one attached hydrogen (secondary N) is 2. The van der Waals surface area contributed by atoms with E-state index in [9.17, 15) is 4.79 Å². The molecule has 2 N–H and O–H groups in total. The largest absolute Gasteiger partial charge is 0.383 e. The minimum absolute atomic E-state index is 0.133. The molecule has 1 atom stereocenters. The van der Waals surface area contributed by atoms with E-state index < -0.39 is 0 Å². The topological polar surface area (TPSA) is 68.2 Å². The van der Waals surface area contributed by atoms with Crippen molar-refractivity contribution < 1.29 is 4.74 Å². The van der Waals surface area contributed by atoms with Crippen molar-refractivity contribution in [2.45, 2.75) is 13.0 Å². The molecule has 0 radical (unpaired) electrons. The van der Waals surface area contributed by atoms with Crippen molar-refractivity contribution >= 4 is 21.6 Å². The lowest BCUT2D eigenvalue weighted by Crippen LogP contribution is -2.27. The first-order valence-electron chi connectivity index (χ1n) is 6.41. The maximum absolute atomic E-state index is 12.0. The van der Waals surface area contributed by atoms with Gasteiger partial charge in [-0.15, -0.1) is 0 Å². The smallest absolute Gasteiger partial charge is 0.283 e. The minimum Gasteiger partial charge on any atom is -0.383 e. The van der Waals surface area contributed by atoms with Gasteiger partial charge in [-0.2, -0.15) is 5.10 Å². The van der Waals surface area contributed by atoms with Crippen LogP contribution < -0.4 is 16.2 Å². The van der Waals surface area contributed by atoms with Crippen LogP contribution in [-0.4, -0.2) is 43.1 Å². The van der Waals surface area contributed by atoms with E-state index in [2.05, 4.69) is 31.7 Å². The van der Waals surface area contributed by atoms with Crippen molar-refractivity contribution in [2.75, 3.05) is 38.7 Å². The molecule has 1 aliphatic heterocycles. The van der Waals surface area contributed by atoms with Gasteiger partial charge in [-0.25, -0.2) is 4.68 Å². The molecule has 1 aromatic heterocycles. The van der Waals surface area contributed by atoms with Crippen LogP contribution >= 0.6 is 15.9 Å². The lowest BCUT2D eigenvalue weighted by Gasteiger charge is -2.13. The average molecular weight is 331 g/mol. The van der Waals surface area contributed by atoms with Crippen molar-refractivity contribution in [1.29, 1.82) is 0 Å². The zero-order valence-electron chi connectivity index (χ0n) is 11.0. The minimum atomic E-state index is -0.133. The maximum Gasteiger partial charge on any atom is 0.283 e. The first-order valence-corrected chi connectivity index (χ1v) is 7.21. The summed E-state index contributed by atoms with van der Waals surface area (Å²) in [5.74, 6) is 0.614. The summed E-state index contributed by atoms with van der Waals surface area (Å²) in [6.07, 6.45) is 2.85. The number of anilines is 1. The fourth-order valence-electron chi connectivity index (χ4n) is 2.07. The van der Waals surface area contributed by atoms with Gasteiger partial charge in [-0.3, -0.25) is 4.79 Å². The van der Waals surface area contributed by atoms with Gasteiger partial charge in [0, 0.05) is 13.7 Å². The molecule has 1 fully saturated rings. The second-order valence-corrected chi connectivity index (χ2v) is 5.43. The van der Waals surface area contributed by atoms with Gasteiger partial charge in [0.2, 0.25) is 0 Å². The van der Waals surface area contributed by atoms with Crippen LogP contribution in [0.1, 0.15) is 6.42 Å². The Balaban J connectivity index is 2.01. The Morgan fingerprint density at radius 3 is 3.21 bits per heavy atom. The van der Waals surface area contributed by atoms with Gasteiger partial charge in [-0.05, 0) is 41.4 Å². The van der Waals surface area contributed by atoms with Crippen LogP contribution in [0.15, 0.2) is 15.5 Å². The van der Waals surface area contributed by atoms with Crippen molar-refractivity contribution in [1.82, 2.24) is 15.1 Å². The molecule has 106 valence electrons. The van der Waals surface area contributed by atoms with Crippen molar-refractivity contribution in [2.24, 2.45) is 5.92 Å². The second-order valence-electron chi connectivity index (χ2n) is 4.63. The molecule has 1 aromatic rings. The third kappa shape index (κ3) is 3.77. The van der Waals surface area contributed by atoms with Crippen LogP contribution in [0.25, 0.3) is 0 Å². The number of halogens is 1. The molecule has 2 rings (SSSR count). The summed E-state index contributed by atoms with van der Waals surface area (Å²) < 4.78 is 6.88. The Morgan fingerprint density at radius 1 is 1.68 bits per heavy atom. The highest BCUT2D eigenvalue weighted by atomic mass is 79.9. The summed E-state index contributed by atoms with van der Waals surface area (Å²) in [5, 5.41) is 10.7. The molecular formula is C12H19BrN4O2. The van der Waals surface area contributed by atoms with E-state index in [1.54, 1.807) is 13.3 Å². The number of rotatable bonds is 6. The Hall–Kier alpha value is -0.920. The first-order chi connectivity index (χ1) is 9.22. The van der Waals surface area contributed by atoms with Crippen molar-refractivity contribution in [3.63, 3.8) is 0 Å². The van der Waals surface area contributed by atoms with Gasteiger partial charge in [-0.1, -0.05) is 0 Å². The van der Waals surface area contributed by atoms with Crippen LogP contribution in [0.4, 0.5) is 5.69 Å². The fourth-order valence-corrected chi connectivity index (χ4v) is 2.52. The van der Waals surface area contributed by atoms with Crippen molar-refractivity contribution in [3.8, 4) is 0 Å². The molecule has 1 saturated heterocycles. The van der Waals surface area contributed by atoms with Gasteiger partial charge < -0.3 is 15.4 Å². The Morgan fingerprint density at radius 2 is 2.53 bits per heavy atom. The quantitative estimate of drug-likeness (QED) is 0.802. The normalized spacial score (nSPS) is 18.7. The monoisotopic (exact) mass is 330 g/mol. The van der Waals surface area contributed by atoms with Gasteiger partial charge in [0.25, 0.3) is 5.56 Å². The number of ether oxygens (including phenoxy) is 1. The predicted molar refractivity (Wildman–Crippen MR) is 77.5 cm³/mol. The summed E-state index contributed by atoms with van der Waals surface area (Å²) >= 11 is 3.34. The summed E-state index contributed by atoms with van der Waals surface area (Å²) in [5.41, 5.74) is 0.622. The molecule has 7 heteroatoms. The van der Waals surface area contributed by atoms with E-state index in [0.29, 0.717) is 23.5 Å². The van der Waals surface area contributed by atoms with Gasteiger partial charge in [0.15, 0.2) is 0 Å². The summed E-state index contributed by atoms with van der Waals surface area (Å²) in [7, 11) is 1.60. The summed E-state index contributed by atoms with van der Waals surface area (Å²) in [6.45, 7) is 3.89. The lowest BCUT2D eigenvalue weighted by atomic mass is 10.1. The standard InChI is InChI=1S/C12H19BrN4O2/c1-19-5-4-17-12(18)11(13)10(8-16-17)15-7-9-2-3-14-6-9/h8-9,14-15H,2-7H2,1H3. The highest BCUT2D eigenvalue weighted by Crippen LogP contribution is 2.17. The molecule has 0 aromatic carbocycles. The Labute approximate surface area is 120 Å². The molecule has 0 spiro atoms. The van der Waals surface area contributed by atoms with E-state index in [1.807, 2.05) is 0 Å². The van der Waals surface area contributed by atoms with E-state index in [0.717, 1.165) is 25.3 Å². The van der Waals surface area contributed by atoms with Gasteiger partial charge in [0.05, 0.1) is 25.0 Å². The molecule has 1 unspecified atom stereocenters. The molecule has 1 aliphatic rings. The van der Waals surface area contributed by atoms with Crippen LogP contribution in [0.3, 0.4) is 0 Å². The molecule has 6 nitrogen and oxygen atoms in total. The van der Waals surface area contributed by atoms with E-state index in [-0.39, 0.29) is 5.56 Å². The van der Waals surface area contributed by atoms with Gasteiger partial charge in [0.1, 0.15) is 4.47 Å². The van der Waals surface area contributed by atoms with E-state index >= 15 is 0 Å². The molecular weight excluding hydrogens is 312 g/mol. The van der Waals surface area contributed by atoms with E-state index in [4.69, 9.17) is 4.74 Å². The summed E-state index contributed by atoms with van der Waals surface area (Å²) in [4.78, 5) is 12.0. The summed E-state index contributed by atoms with van der Waals surface area (Å²) in [6, 6.07) is 0. The molecule has 0 amide bonds. The maximum atomic E-state index is 12.0. The third-order valence-corrected chi connectivity index (χ3v) is 4.00. The highest BCUT2D eigenvalue weighted by molar-refractivity contribution is 9.10. The average Bonchev–Trinajstić information content (AvgIpc) is 2.92. The molecule has 0 bridgehead atoms. The van der Waals surface area contributed by atoms with Gasteiger partial charge >= 0.3 is 0 Å². The van der Waals surface area contributed by atoms with Crippen molar-refractivity contribution in [3.05, 3.63) is 21.0 Å². The lowest BCUT2D eigenvalue weighted by molar-refractivity contribution is 0.181. The number of hydrogen-bond acceptors (Lipinski definition) is 5. The molecule has 0 aliphatic carbocycles. The molecule has 0 saturated carbocycles. The zero-order chi connectivity index (χ0) is 13.7. The van der Waals surface area contributed by atoms with E-state index in [1.165, 1.54) is 11.1 Å². The molecule has 2 heterocycles. The number of nitrogens with zero attached hydrogens (tertiary/aromatic N) is 2. The second kappa shape index (κ2) is 7.02. The van der Waals surface area contributed by atoms with Crippen LogP contribution in [-0.2, 0) is 11.3 Å². The predicted octanol–water partition coefficient (Wildman–Crippen LogP) is 0.674. The van der Waals surface area contributed by atoms with Crippen LogP contribution in [0.2, 0.25) is 0 Å². The number of hydrogen-bond donors (Lipinski definition) is 2. The van der Waals surface area contributed by atoms with Crippen LogP contribution in [0.5, 0.6) is 0 Å². The number of aromatic nitrogens is 2. The molecule has 19 heavy (non-hydrogen) atoms.